The Morgan fingerprint density at radius 1 is 1.03 bits per heavy atom. The highest BCUT2D eigenvalue weighted by molar-refractivity contribution is 7.89. The van der Waals surface area contributed by atoms with Gasteiger partial charge >= 0.3 is 0 Å². The first-order valence-electron chi connectivity index (χ1n) is 11.7. The Bertz CT molecular complexity index is 1150. The summed E-state index contributed by atoms with van der Waals surface area (Å²) in [6, 6.07) is 14.7. The SMILES string of the molecule is CCCCN(CCCC)S(=O)(=O)c1ccc2nc(NC(=O)C(CC)c3ccccc3)sc2c1. The van der Waals surface area contributed by atoms with Crippen molar-refractivity contribution in [2.45, 2.75) is 63.7 Å². The lowest BCUT2D eigenvalue weighted by atomic mass is 9.96. The summed E-state index contributed by atoms with van der Waals surface area (Å²) in [5, 5.41) is 3.41. The number of aromatic nitrogens is 1. The lowest BCUT2D eigenvalue weighted by molar-refractivity contribution is -0.117. The fourth-order valence-corrected chi connectivity index (χ4v) is 6.27. The van der Waals surface area contributed by atoms with E-state index < -0.39 is 10.0 Å². The van der Waals surface area contributed by atoms with Crippen LogP contribution in [0.25, 0.3) is 10.2 Å². The number of amides is 1. The first-order valence-corrected chi connectivity index (χ1v) is 13.9. The monoisotopic (exact) mass is 487 g/mol. The zero-order valence-corrected chi connectivity index (χ0v) is 21.2. The highest BCUT2D eigenvalue weighted by atomic mass is 32.2. The molecule has 3 rings (SSSR count). The molecule has 2 aromatic carbocycles. The van der Waals surface area contributed by atoms with Crippen molar-refractivity contribution >= 4 is 42.6 Å². The van der Waals surface area contributed by atoms with E-state index in [9.17, 15) is 13.2 Å². The Balaban J connectivity index is 1.82. The third kappa shape index (κ3) is 6.19. The molecule has 0 bridgehead atoms. The van der Waals surface area contributed by atoms with Crippen LogP contribution in [0.1, 0.15) is 64.4 Å². The van der Waals surface area contributed by atoms with Gasteiger partial charge in [-0.15, -0.1) is 0 Å². The number of unbranched alkanes of at least 4 members (excludes halogenated alkanes) is 2. The molecule has 33 heavy (non-hydrogen) atoms. The van der Waals surface area contributed by atoms with E-state index in [1.165, 1.54) is 11.3 Å². The maximum atomic E-state index is 13.3. The van der Waals surface area contributed by atoms with E-state index in [0.717, 1.165) is 35.9 Å². The Labute approximate surface area is 201 Å². The molecular weight excluding hydrogens is 454 g/mol. The van der Waals surface area contributed by atoms with Gasteiger partial charge in [-0.1, -0.05) is 75.3 Å². The van der Waals surface area contributed by atoms with Gasteiger partial charge in [0.25, 0.3) is 0 Å². The van der Waals surface area contributed by atoms with Gasteiger partial charge in [0.1, 0.15) is 0 Å². The molecule has 1 amide bonds. The molecule has 0 radical (unpaired) electrons. The molecule has 0 fully saturated rings. The van der Waals surface area contributed by atoms with Crippen molar-refractivity contribution in [1.29, 1.82) is 0 Å². The van der Waals surface area contributed by atoms with Crippen LogP contribution < -0.4 is 5.32 Å². The minimum Gasteiger partial charge on any atom is -0.301 e. The van der Waals surface area contributed by atoms with Gasteiger partial charge in [-0.25, -0.2) is 13.4 Å². The van der Waals surface area contributed by atoms with Crippen molar-refractivity contribution in [3.63, 3.8) is 0 Å². The standard InChI is InChI=1S/C25H33N3O3S2/c1-4-7-16-28(17-8-5-2)33(30,31)20-14-15-22-23(18-20)32-25(26-22)27-24(29)21(6-3)19-12-10-9-11-13-19/h9-15,18,21H,4-8,16-17H2,1-3H3,(H,26,27,29). The van der Waals surface area contributed by atoms with Crippen LogP contribution in [-0.4, -0.2) is 36.7 Å². The lowest BCUT2D eigenvalue weighted by Gasteiger charge is -2.21. The summed E-state index contributed by atoms with van der Waals surface area (Å²) >= 11 is 1.30. The van der Waals surface area contributed by atoms with Gasteiger partial charge in [0.2, 0.25) is 15.9 Å². The molecule has 0 spiro atoms. The Morgan fingerprint density at radius 2 is 1.70 bits per heavy atom. The summed E-state index contributed by atoms with van der Waals surface area (Å²) in [6.45, 7) is 7.16. The summed E-state index contributed by atoms with van der Waals surface area (Å²) in [5.41, 5.74) is 1.64. The van der Waals surface area contributed by atoms with Crippen LogP contribution in [0.15, 0.2) is 53.4 Å². The molecule has 0 aliphatic carbocycles. The van der Waals surface area contributed by atoms with Gasteiger partial charge in [-0.05, 0) is 43.0 Å². The topological polar surface area (TPSA) is 79.4 Å². The zero-order valence-electron chi connectivity index (χ0n) is 19.6. The maximum absolute atomic E-state index is 13.3. The second-order valence-electron chi connectivity index (χ2n) is 8.12. The first kappa shape index (κ1) is 25.3. The van der Waals surface area contributed by atoms with Crippen LogP contribution in [0.3, 0.4) is 0 Å². The van der Waals surface area contributed by atoms with Crippen molar-refractivity contribution in [3.8, 4) is 0 Å². The fourth-order valence-electron chi connectivity index (χ4n) is 3.74. The van der Waals surface area contributed by atoms with Gasteiger partial charge in [-0.2, -0.15) is 4.31 Å². The van der Waals surface area contributed by atoms with Crippen LogP contribution in [-0.2, 0) is 14.8 Å². The molecule has 0 saturated heterocycles. The van der Waals surface area contributed by atoms with Gasteiger partial charge in [0.05, 0.1) is 21.0 Å². The zero-order chi connectivity index (χ0) is 23.8. The lowest BCUT2D eigenvalue weighted by Crippen LogP contribution is -2.33. The highest BCUT2D eigenvalue weighted by Crippen LogP contribution is 2.31. The van der Waals surface area contributed by atoms with Crippen LogP contribution in [0.2, 0.25) is 0 Å². The molecule has 1 N–H and O–H groups in total. The van der Waals surface area contributed by atoms with E-state index in [1.807, 2.05) is 37.3 Å². The van der Waals surface area contributed by atoms with E-state index in [4.69, 9.17) is 0 Å². The molecule has 0 aliphatic rings. The number of hydrogen-bond donors (Lipinski definition) is 1. The number of fused-ring (bicyclic) bond motifs is 1. The number of carbonyl (C=O) groups is 1. The van der Waals surface area contributed by atoms with Crippen LogP contribution >= 0.6 is 11.3 Å². The second-order valence-corrected chi connectivity index (χ2v) is 11.1. The van der Waals surface area contributed by atoms with Crippen molar-refractivity contribution in [1.82, 2.24) is 9.29 Å². The van der Waals surface area contributed by atoms with E-state index in [1.54, 1.807) is 22.5 Å². The number of thiazole rings is 1. The largest absolute Gasteiger partial charge is 0.301 e. The molecule has 0 aliphatic heterocycles. The molecule has 6 nitrogen and oxygen atoms in total. The minimum atomic E-state index is -3.58. The second kappa shape index (κ2) is 11.7. The van der Waals surface area contributed by atoms with Crippen LogP contribution in [0.4, 0.5) is 5.13 Å². The molecule has 178 valence electrons. The quantitative estimate of drug-likeness (QED) is 0.339. The number of rotatable bonds is 12. The van der Waals surface area contributed by atoms with E-state index in [2.05, 4.69) is 24.1 Å². The summed E-state index contributed by atoms with van der Waals surface area (Å²) in [7, 11) is -3.58. The highest BCUT2D eigenvalue weighted by Gasteiger charge is 2.25. The predicted molar refractivity (Wildman–Crippen MR) is 136 cm³/mol. The number of sulfonamides is 1. The molecule has 1 aromatic heterocycles. The number of carbonyl (C=O) groups excluding carboxylic acids is 1. The summed E-state index contributed by atoms with van der Waals surface area (Å²) in [5.74, 6) is -0.374. The van der Waals surface area contributed by atoms with E-state index >= 15 is 0 Å². The molecule has 3 aromatic rings. The number of nitrogens with one attached hydrogen (secondary N) is 1. The number of anilines is 1. The third-order valence-electron chi connectivity index (χ3n) is 5.68. The average molecular weight is 488 g/mol. The molecule has 8 heteroatoms. The van der Waals surface area contributed by atoms with E-state index in [-0.39, 0.29) is 16.7 Å². The maximum Gasteiger partial charge on any atom is 0.243 e. The third-order valence-corrected chi connectivity index (χ3v) is 8.50. The predicted octanol–water partition coefficient (Wildman–Crippen LogP) is 6.02. The Kier molecular flexibility index (Phi) is 9.00. The van der Waals surface area contributed by atoms with Crippen molar-refractivity contribution in [2.75, 3.05) is 18.4 Å². The number of nitrogens with zero attached hydrogens (tertiary/aromatic N) is 2. The van der Waals surface area contributed by atoms with Gasteiger partial charge in [-0.3, -0.25) is 4.79 Å². The fraction of sp³-hybridized carbons (Fsp3) is 0.440. The average Bonchev–Trinajstić information content (AvgIpc) is 3.21. The molecule has 1 heterocycles. The summed E-state index contributed by atoms with van der Waals surface area (Å²) in [4.78, 5) is 17.7. The van der Waals surface area contributed by atoms with Crippen molar-refractivity contribution in [2.24, 2.45) is 0 Å². The van der Waals surface area contributed by atoms with Crippen LogP contribution in [0, 0.1) is 0 Å². The van der Waals surface area contributed by atoms with Crippen molar-refractivity contribution in [3.05, 3.63) is 54.1 Å². The number of hydrogen-bond acceptors (Lipinski definition) is 5. The normalized spacial score (nSPS) is 12.8. The Hall–Kier alpha value is -2.29. The van der Waals surface area contributed by atoms with Gasteiger partial charge < -0.3 is 5.32 Å². The molecule has 1 unspecified atom stereocenters. The molecule has 1 atom stereocenters. The summed E-state index contributed by atoms with van der Waals surface area (Å²) < 4.78 is 28.9. The number of benzene rings is 2. The van der Waals surface area contributed by atoms with Gasteiger partial charge in [0, 0.05) is 13.1 Å². The Morgan fingerprint density at radius 3 is 2.30 bits per heavy atom. The first-order chi connectivity index (χ1) is 15.9. The molecular formula is C25H33N3O3S2. The smallest absolute Gasteiger partial charge is 0.243 e. The minimum absolute atomic E-state index is 0.110. The summed E-state index contributed by atoms with van der Waals surface area (Å²) in [6.07, 6.45) is 4.23. The van der Waals surface area contributed by atoms with E-state index in [0.29, 0.717) is 30.2 Å². The van der Waals surface area contributed by atoms with Crippen LogP contribution in [0.5, 0.6) is 0 Å². The van der Waals surface area contributed by atoms with Gasteiger partial charge in [0.15, 0.2) is 5.13 Å². The van der Waals surface area contributed by atoms with Crippen molar-refractivity contribution < 1.29 is 13.2 Å². The molecule has 0 saturated carbocycles.